The molecule has 0 saturated heterocycles. The van der Waals surface area contributed by atoms with Gasteiger partial charge in [0.2, 0.25) is 0 Å². The Morgan fingerprint density at radius 3 is 2.39 bits per heavy atom. The summed E-state index contributed by atoms with van der Waals surface area (Å²) in [5, 5.41) is 2.90. The minimum absolute atomic E-state index is 0.182. The number of ether oxygens (including phenoxy) is 2. The monoisotopic (exact) mass is 455 g/mol. The van der Waals surface area contributed by atoms with Crippen LogP contribution in [0.15, 0.2) is 76.5 Å². The molecule has 0 saturated carbocycles. The number of nitrogens with one attached hydrogen (secondary N) is 1. The average molecular weight is 456 g/mol. The molecule has 6 nitrogen and oxygen atoms in total. The van der Waals surface area contributed by atoms with E-state index < -0.39 is 9.84 Å². The molecule has 0 fully saturated rings. The van der Waals surface area contributed by atoms with Gasteiger partial charge >= 0.3 is 0 Å². The van der Waals surface area contributed by atoms with E-state index in [1.165, 1.54) is 11.8 Å². The van der Waals surface area contributed by atoms with Gasteiger partial charge in [-0.05, 0) is 42.2 Å². The van der Waals surface area contributed by atoms with Crippen molar-refractivity contribution in [3.8, 4) is 11.5 Å². The summed E-state index contributed by atoms with van der Waals surface area (Å²) in [6, 6.07) is 18.5. The summed E-state index contributed by atoms with van der Waals surface area (Å²) in [7, 11) is -3.50. The second-order valence-electron chi connectivity index (χ2n) is 6.92. The van der Waals surface area contributed by atoms with E-state index >= 15 is 0 Å². The molecule has 0 radical (unpaired) electrons. The summed E-state index contributed by atoms with van der Waals surface area (Å²) in [6.07, 6.45) is 1.91. The zero-order chi connectivity index (χ0) is 21.8. The zero-order valence-electron chi connectivity index (χ0n) is 16.8. The van der Waals surface area contributed by atoms with Crippen molar-refractivity contribution in [3.05, 3.63) is 77.9 Å². The minimum atomic E-state index is -3.50. The fourth-order valence-corrected chi connectivity index (χ4v) is 5.18. The fraction of sp³-hybridized carbons (Fsp3) is 0.174. The van der Waals surface area contributed by atoms with Crippen LogP contribution in [0, 0.1) is 0 Å². The smallest absolute Gasteiger partial charge is 0.255 e. The van der Waals surface area contributed by atoms with Crippen molar-refractivity contribution < 1.29 is 22.7 Å². The van der Waals surface area contributed by atoms with Crippen molar-refractivity contribution in [2.24, 2.45) is 0 Å². The van der Waals surface area contributed by atoms with Gasteiger partial charge in [0.05, 0.1) is 16.3 Å². The third-order valence-corrected chi connectivity index (χ3v) is 7.24. The van der Waals surface area contributed by atoms with Crippen LogP contribution < -0.4 is 14.8 Å². The van der Waals surface area contributed by atoms with Crippen LogP contribution in [0.2, 0.25) is 0 Å². The maximum absolute atomic E-state index is 12.9. The van der Waals surface area contributed by atoms with Crippen LogP contribution in [0.4, 0.5) is 5.69 Å². The largest absolute Gasteiger partial charge is 0.486 e. The molecule has 8 heteroatoms. The lowest BCUT2D eigenvalue weighted by Gasteiger charge is -2.21. The van der Waals surface area contributed by atoms with Crippen LogP contribution in [0.3, 0.4) is 0 Å². The van der Waals surface area contributed by atoms with E-state index in [1.54, 1.807) is 60.7 Å². The first kappa shape index (κ1) is 21.3. The zero-order valence-corrected chi connectivity index (χ0v) is 18.5. The number of rotatable bonds is 6. The number of carbonyl (C=O) groups is 1. The number of carbonyl (C=O) groups excluding carboxylic acids is 1. The minimum Gasteiger partial charge on any atom is -0.486 e. The summed E-state index contributed by atoms with van der Waals surface area (Å²) < 4.78 is 36.5. The highest BCUT2D eigenvalue weighted by atomic mass is 32.2. The number of thioether (sulfide) groups is 1. The average Bonchev–Trinajstić information content (AvgIpc) is 2.79. The molecule has 4 rings (SSSR count). The number of benzene rings is 3. The van der Waals surface area contributed by atoms with E-state index in [1.807, 2.05) is 12.3 Å². The van der Waals surface area contributed by atoms with Crippen LogP contribution in [0.5, 0.6) is 11.5 Å². The van der Waals surface area contributed by atoms with Gasteiger partial charge in [0, 0.05) is 16.5 Å². The van der Waals surface area contributed by atoms with Gasteiger partial charge in [-0.2, -0.15) is 0 Å². The van der Waals surface area contributed by atoms with Gasteiger partial charge in [-0.3, -0.25) is 4.79 Å². The van der Waals surface area contributed by atoms with Gasteiger partial charge in [0.25, 0.3) is 5.91 Å². The Labute approximate surface area is 185 Å². The van der Waals surface area contributed by atoms with E-state index in [-0.39, 0.29) is 16.6 Å². The molecule has 0 spiro atoms. The molecular formula is C23H21NO5S2. The molecule has 160 valence electrons. The van der Waals surface area contributed by atoms with Gasteiger partial charge in [0.15, 0.2) is 21.3 Å². The number of amides is 1. The highest BCUT2D eigenvalue weighted by Gasteiger charge is 2.19. The summed E-state index contributed by atoms with van der Waals surface area (Å²) >= 11 is 1.48. The normalized spacial score (nSPS) is 12.9. The number of sulfone groups is 1. The van der Waals surface area contributed by atoms with Crippen molar-refractivity contribution in [3.63, 3.8) is 0 Å². The Bertz CT molecular complexity index is 1210. The topological polar surface area (TPSA) is 81.7 Å². The molecule has 1 aliphatic heterocycles. The van der Waals surface area contributed by atoms with Gasteiger partial charge in [0.1, 0.15) is 13.2 Å². The van der Waals surface area contributed by atoms with Crippen molar-refractivity contribution in [2.45, 2.75) is 15.5 Å². The lowest BCUT2D eigenvalue weighted by Crippen LogP contribution is -2.17. The maximum Gasteiger partial charge on any atom is 0.255 e. The molecule has 1 aliphatic rings. The SMILES string of the molecule is CSc1cc2c(cc1NC(=O)c1cccc(CS(=O)(=O)c3ccccc3)c1)OCCO2. The van der Waals surface area contributed by atoms with E-state index in [4.69, 9.17) is 9.47 Å². The summed E-state index contributed by atoms with van der Waals surface area (Å²) in [6.45, 7) is 0.947. The third kappa shape index (κ3) is 4.86. The van der Waals surface area contributed by atoms with Crippen molar-refractivity contribution in [1.82, 2.24) is 0 Å². The number of fused-ring (bicyclic) bond motifs is 1. The van der Waals surface area contributed by atoms with E-state index in [0.717, 1.165) is 4.90 Å². The number of anilines is 1. The molecule has 3 aromatic carbocycles. The lowest BCUT2D eigenvalue weighted by atomic mass is 10.1. The molecule has 0 bridgehead atoms. The Kier molecular flexibility index (Phi) is 6.20. The molecule has 1 N–H and O–H groups in total. The Morgan fingerprint density at radius 2 is 1.68 bits per heavy atom. The number of hydrogen-bond acceptors (Lipinski definition) is 6. The first-order valence-corrected chi connectivity index (χ1v) is 12.5. The Balaban J connectivity index is 1.55. The highest BCUT2D eigenvalue weighted by Crippen LogP contribution is 2.39. The van der Waals surface area contributed by atoms with E-state index in [2.05, 4.69) is 5.32 Å². The second-order valence-corrected chi connectivity index (χ2v) is 9.76. The van der Waals surface area contributed by atoms with Gasteiger partial charge in [-0.15, -0.1) is 11.8 Å². The molecule has 0 aromatic heterocycles. The quantitative estimate of drug-likeness (QED) is 0.555. The standard InChI is InChI=1S/C23H21NO5S2/c1-30-22-14-21-20(28-10-11-29-21)13-19(22)24-23(25)17-7-5-6-16(12-17)15-31(26,27)18-8-3-2-4-9-18/h2-9,12-14H,10-11,15H2,1H3,(H,24,25). The van der Waals surface area contributed by atoms with Crippen molar-refractivity contribution >= 4 is 33.2 Å². The van der Waals surface area contributed by atoms with Crippen molar-refractivity contribution in [1.29, 1.82) is 0 Å². The van der Waals surface area contributed by atoms with Gasteiger partial charge in [-0.1, -0.05) is 30.3 Å². The van der Waals surface area contributed by atoms with E-state index in [9.17, 15) is 13.2 Å². The van der Waals surface area contributed by atoms with Gasteiger partial charge < -0.3 is 14.8 Å². The molecule has 1 amide bonds. The van der Waals surface area contributed by atoms with Crippen LogP contribution >= 0.6 is 11.8 Å². The number of hydrogen-bond donors (Lipinski definition) is 1. The predicted octanol–water partition coefficient (Wildman–Crippen LogP) is 4.41. The first-order valence-electron chi connectivity index (χ1n) is 9.62. The van der Waals surface area contributed by atoms with Crippen LogP contribution in [0.25, 0.3) is 0 Å². The molecule has 0 aliphatic carbocycles. The molecular weight excluding hydrogens is 434 g/mol. The second kappa shape index (κ2) is 9.03. The highest BCUT2D eigenvalue weighted by molar-refractivity contribution is 7.98. The maximum atomic E-state index is 12.9. The van der Waals surface area contributed by atoms with Crippen LogP contribution in [-0.2, 0) is 15.6 Å². The fourth-order valence-electron chi connectivity index (χ4n) is 3.26. The van der Waals surface area contributed by atoms with Crippen LogP contribution in [0.1, 0.15) is 15.9 Å². The molecule has 1 heterocycles. The summed E-state index contributed by atoms with van der Waals surface area (Å²) in [5.74, 6) is 0.729. The van der Waals surface area contributed by atoms with Crippen LogP contribution in [-0.4, -0.2) is 33.8 Å². The molecule has 3 aromatic rings. The van der Waals surface area contributed by atoms with Gasteiger partial charge in [-0.25, -0.2) is 8.42 Å². The van der Waals surface area contributed by atoms with Crippen molar-refractivity contribution in [2.75, 3.05) is 24.8 Å². The Morgan fingerprint density at radius 1 is 0.968 bits per heavy atom. The first-order chi connectivity index (χ1) is 15.0. The lowest BCUT2D eigenvalue weighted by molar-refractivity contribution is 0.102. The summed E-state index contributed by atoms with van der Waals surface area (Å²) in [4.78, 5) is 14.0. The predicted molar refractivity (Wildman–Crippen MR) is 121 cm³/mol. The molecule has 0 unspecified atom stereocenters. The molecule has 0 atom stereocenters. The Hall–Kier alpha value is -2.97. The van der Waals surface area contributed by atoms with E-state index in [0.29, 0.717) is 41.5 Å². The summed E-state index contributed by atoms with van der Waals surface area (Å²) in [5.41, 5.74) is 1.54. The molecule has 31 heavy (non-hydrogen) atoms. The third-order valence-electron chi connectivity index (χ3n) is 4.76.